The van der Waals surface area contributed by atoms with Gasteiger partial charge in [0, 0.05) is 24.2 Å². The third-order valence-corrected chi connectivity index (χ3v) is 11.9. The highest BCUT2D eigenvalue weighted by Crippen LogP contribution is 2.55. The molecule has 0 fully saturated rings. The minimum atomic E-state index is -1.57. The van der Waals surface area contributed by atoms with Gasteiger partial charge in [-0.25, -0.2) is 0 Å². The van der Waals surface area contributed by atoms with E-state index in [0.717, 1.165) is 0 Å². The zero-order valence-corrected chi connectivity index (χ0v) is 18.6. The molecule has 1 unspecified atom stereocenters. The quantitative estimate of drug-likeness (QED) is 0.442. The molecule has 0 bridgehead atoms. The lowest BCUT2D eigenvalue weighted by atomic mass is 10.3. The Labute approximate surface area is 141 Å². The third kappa shape index (κ3) is 5.60. The van der Waals surface area contributed by atoms with E-state index in [4.69, 9.17) is 0 Å². The number of hydrogen-bond acceptors (Lipinski definition) is 3. The Hall–Kier alpha value is 0.0569. The first-order valence-electron chi connectivity index (χ1n) is 8.61. The molecular formula is C17H38N3PSi. The molecule has 22 heavy (non-hydrogen) atoms. The maximum Gasteiger partial charge on any atom is 0.0848 e. The Morgan fingerprint density at radius 1 is 0.727 bits per heavy atom. The number of rotatable bonds is 8. The summed E-state index contributed by atoms with van der Waals surface area (Å²) in [5.41, 5.74) is 0. The number of nitrogens with zero attached hydrogens (tertiary/aromatic N) is 3. The molecule has 0 N–H and O–H groups in total. The van der Waals surface area contributed by atoms with Crippen molar-refractivity contribution in [1.82, 2.24) is 9.34 Å². The van der Waals surface area contributed by atoms with Gasteiger partial charge in [0.15, 0.2) is 0 Å². The van der Waals surface area contributed by atoms with Crippen LogP contribution in [0.2, 0.25) is 19.6 Å². The first-order chi connectivity index (χ1) is 9.86. The van der Waals surface area contributed by atoms with Crippen LogP contribution in [0.5, 0.6) is 0 Å². The monoisotopic (exact) mass is 343 g/mol. The van der Waals surface area contributed by atoms with Crippen LogP contribution < -0.4 is 0 Å². The topological polar surface area (TPSA) is 30.3 Å². The molecule has 3 nitrogen and oxygen atoms in total. The molecule has 1 atom stereocenters. The maximum atomic E-state index is 10.0. The van der Waals surface area contributed by atoms with Gasteiger partial charge in [-0.15, -0.1) is 0 Å². The van der Waals surface area contributed by atoms with E-state index in [2.05, 4.69) is 90.4 Å². The number of hydrogen-bond donors (Lipinski definition) is 0. The predicted molar refractivity (Wildman–Crippen MR) is 104 cm³/mol. The second kappa shape index (κ2) is 8.78. The van der Waals surface area contributed by atoms with E-state index < -0.39 is 16.3 Å². The van der Waals surface area contributed by atoms with Crippen molar-refractivity contribution in [2.75, 3.05) is 0 Å². The predicted octanol–water partition coefficient (Wildman–Crippen LogP) is 5.31. The van der Waals surface area contributed by atoms with Crippen LogP contribution in [0, 0.1) is 11.3 Å². The van der Waals surface area contributed by atoms with Gasteiger partial charge in [0.05, 0.1) is 27.6 Å². The van der Waals surface area contributed by atoms with Gasteiger partial charge >= 0.3 is 0 Å². The summed E-state index contributed by atoms with van der Waals surface area (Å²) in [6, 6.07) is 4.56. The summed E-state index contributed by atoms with van der Waals surface area (Å²) in [4.78, 5) is 0. The third-order valence-electron chi connectivity index (χ3n) is 3.76. The van der Waals surface area contributed by atoms with Crippen LogP contribution in [0.25, 0.3) is 0 Å². The molecule has 130 valence electrons. The van der Waals surface area contributed by atoms with E-state index >= 15 is 0 Å². The maximum absolute atomic E-state index is 10.0. The Balaban J connectivity index is 6.12. The lowest BCUT2D eigenvalue weighted by Gasteiger charge is -2.51. The molecule has 0 aromatic carbocycles. The van der Waals surface area contributed by atoms with Crippen molar-refractivity contribution in [2.45, 2.75) is 104 Å². The molecule has 0 radical (unpaired) electrons. The van der Waals surface area contributed by atoms with Crippen LogP contribution in [-0.4, -0.2) is 46.9 Å². The molecule has 0 saturated heterocycles. The highest BCUT2D eigenvalue weighted by Gasteiger charge is 2.44. The van der Waals surface area contributed by atoms with E-state index in [1.807, 2.05) is 0 Å². The van der Waals surface area contributed by atoms with Crippen LogP contribution in [0.4, 0.5) is 0 Å². The molecule has 0 aliphatic heterocycles. The summed E-state index contributed by atoms with van der Waals surface area (Å²) in [6.45, 7) is 25.2. The van der Waals surface area contributed by atoms with E-state index in [9.17, 15) is 5.26 Å². The van der Waals surface area contributed by atoms with Crippen molar-refractivity contribution in [3.63, 3.8) is 0 Å². The summed E-state index contributed by atoms with van der Waals surface area (Å²) in [6.07, 6.45) is 0. The lowest BCUT2D eigenvalue weighted by molar-refractivity contribution is 0.256. The summed E-state index contributed by atoms with van der Waals surface area (Å²) in [7, 11) is -2.20. The minimum Gasteiger partial charge on any atom is -0.264 e. The van der Waals surface area contributed by atoms with E-state index in [1.165, 1.54) is 0 Å². The molecule has 0 spiro atoms. The summed E-state index contributed by atoms with van der Waals surface area (Å²) in [5.74, 6) is 0. The average Bonchev–Trinajstić information content (AvgIpc) is 2.25. The Bertz CT molecular complexity index is 333. The van der Waals surface area contributed by atoms with Gasteiger partial charge in [0.1, 0.15) is 0 Å². The molecule has 5 heteroatoms. The van der Waals surface area contributed by atoms with E-state index in [-0.39, 0.29) is 5.28 Å². The molecular weight excluding hydrogens is 305 g/mol. The first-order valence-corrected chi connectivity index (χ1v) is 13.5. The minimum absolute atomic E-state index is 0.164. The van der Waals surface area contributed by atoms with Crippen LogP contribution in [0.15, 0.2) is 0 Å². The first kappa shape index (κ1) is 22.1. The summed E-state index contributed by atoms with van der Waals surface area (Å²) < 4.78 is 5.23. The standard InChI is InChI=1S/C17H38N3PSi/c1-13(2)19(14(3)4)21(17(12-18)22(9,10)11)20(15(5)6)16(7)8/h13-17H,1-11H3. The fourth-order valence-electron chi connectivity index (χ4n) is 3.12. The smallest absolute Gasteiger partial charge is 0.0848 e. The van der Waals surface area contributed by atoms with Crippen molar-refractivity contribution in [3.8, 4) is 6.07 Å². The molecule has 0 saturated carbocycles. The van der Waals surface area contributed by atoms with Crippen LogP contribution in [0.1, 0.15) is 55.4 Å². The fraction of sp³-hybridized carbons (Fsp3) is 0.941. The van der Waals surface area contributed by atoms with Crippen molar-refractivity contribution < 1.29 is 0 Å². The number of nitriles is 1. The van der Waals surface area contributed by atoms with E-state index in [1.54, 1.807) is 0 Å². The van der Waals surface area contributed by atoms with Gasteiger partial charge < -0.3 is 0 Å². The summed E-state index contributed by atoms with van der Waals surface area (Å²) >= 11 is 0. The van der Waals surface area contributed by atoms with Crippen molar-refractivity contribution in [1.29, 1.82) is 5.26 Å². The van der Waals surface area contributed by atoms with Gasteiger partial charge in [-0.3, -0.25) is 9.34 Å². The van der Waals surface area contributed by atoms with Crippen LogP contribution in [-0.2, 0) is 0 Å². The largest absolute Gasteiger partial charge is 0.264 e. The molecule has 0 rings (SSSR count). The molecule has 0 amide bonds. The Kier molecular flexibility index (Phi) is 8.80. The van der Waals surface area contributed by atoms with Gasteiger partial charge in [0.2, 0.25) is 0 Å². The zero-order chi connectivity index (χ0) is 17.8. The average molecular weight is 344 g/mol. The van der Waals surface area contributed by atoms with Crippen molar-refractivity contribution >= 4 is 16.3 Å². The van der Waals surface area contributed by atoms with Crippen molar-refractivity contribution in [2.24, 2.45) is 0 Å². The van der Waals surface area contributed by atoms with Gasteiger partial charge in [-0.1, -0.05) is 19.6 Å². The second-order valence-corrected chi connectivity index (χ2v) is 16.2. The highest BCUT2D eigenvalue weighted by molar-refractivity contribution is 7.57. The molecule has 0 aromatic rings. The van der Waals surface area contributed by atoms with Crippen molar-refractivity contribution in [3.05, 3.63) is 0 Å². The molecule has 0 aliphatic rings. The lowest BCUT2D eigenvalue weighted by Crippen LogP contribution is -2.50. The molecule has 0 aromatic heterocycles. The van der Waals surface area contributed by atoms with Crippen LogP contribution in [0.3, 0.4) is 0 Å². The van der Waals surface area contributed by atoms with Gasteiger partial charge in [-0.2, -0.15) is 5.26 Å². The fourth-order valence-corrected chi connectivity index (χ4v) is 9.84. The normalized spacial score (nSPS) is 15.0. The zero-order valence-electron chi connectivity index (χ0n) is 16.7. The molecule has 0 aliphatic carbocycles. The molecule has 0 heterocycles. The Morgan fingerprint density at radius 3 is 1.14 bits per heavy atom. The SMILES string of the molecule is CC(C)N(C(C)C)P(C(C#N)[Si](C)(C)C)N(C(C)C)C(C)C. The second-order valence-electron chi connectivity index (χ2n) is 8.35. The van der Waals surface area contributed by atoms with E-state index in [0.29, 0.717) is 24.2 Å². The van der Waals surface area contributed by atoms with Gasteiger partial charge in [0.25, 0.3) is 0 Å². The Morgan fingerprint density at radius 2 is 1.00 bits per heavy atom. The van der Waals surface area contributed by atoms with Gasteiger partial charge in [-0.05, 0) is 55.4 Å². The van der Waals surface area contributed by atoms with Crippen LogP contribution >= 0.6 is 8.22 Å². The highest BCUT2D eigenvalue weighted by atomic mass is 31.1. The summed E-state index contributed by atoms with van der Waals surface area (Å²) in [5, 5.41) is 10.2.